The number of benzene rings is 1. The van der Waals surface area contributed by atoms with Crippen LogP contribution in [0.5, 0.6) is 0 Å². The number of carbonyl (C=O) groups is 2. The first kappa shape index (κ1) is 15.1. The molecule has 2 N–H and O–H groups in total. The van der Waals surface area contributed by atoms with E-state index < -0.39 is 18.5 Å². The number of ether oxygens (including phenoxy) is 1. The zero-order chi connectivity index (χ0) is 15.4. The predicted octanol–water partition coefficient (Wildman–Crippen LogP) is 1.33. The first-order valence-electron chi connectivity index (χ1n) is 5.71. The van der Waals surface area contributed by atoms with Crippen LogP contribution in [0, 0.1) is 0 Å². The van der Waals surface area contributed by atoms with Crippen molar-refractivity contribution in [3.05, 3.63) is 40.1 Å². The van der Waals surface area contributed by atoms with E-state index in [2.05, 4.69) is 26.2 Å². The van der Waals surface area contributed by atoms with Crippen LogP contribution in [0.4, 0.5) is 0 Å². The smallest absolute Gasteiger partial charge is 0.335 e. The summed E-state index contributed by atoms with van der Waals surface area (Å²) in [5.41, 5.74) is 1.06. The Kier molecular flexibility index (Phi) is 4.66. The van der Waals surface area contributed by atoms with Crippen LogP contribution in [-0.2, 0) is 16.1 Å². The summed E-state index contributed by atoms with van der Waals surface area (Å²) in [5.74, 6) is -2.12. The summed E-state index contributed by atoms with van der Waals surface area (Å²) < 4.78 is 6.88. The van der Waals surface area contributed by atoms with Crippen LogP contribution in [-0.4, -0.2) is 43.8 Å². The van der Waals surface area contributed by atoms with Crippen LogP contribution < -0.4 is 0 Å². The lowest BCUT2D eigenvalue weighted by Crippen LogP contribution is -2.06. The summed E-state index contributed by atoms with van der Waals surface area (Å²) in [6.45, 7) is -0.418. The van der Waals surface area contributed by atoms with E-state index in [0.717, 1.165) is 0 Å². The summed E-state index contributed by atoms with van der Waals surface area (Å²) in [5, 5.41) is 25.2. The summed E-state index contributed by atoms with van der Waals surface area (Å²) >= 11 is 3.23. The van der Waals surface area contributed by atoms with Gasteiger partial charge in [0.2, 0.25) is 0 Å². The lowest BCUT2D eigenvalue weighted by atomic mass is 10.2. The summed E-state index contributed by atoms with van der Waals surface area (Å²) in [6, 6.07) is 4.60. The highest BCUT2D eigenvalue weighted by molar-refractivity contribution is 9.10. The van der Waals surface area contributed by atoms with E-state index in [4.69, 9.17) is 14.9 Å². The van der Waals surface area contributed by atoms with Gasteiger partial charge in [-0.15, -0.1) is 5.10 Å². The number of aromatic carboxylic acids is 1. The molecule has 2 rings (SSSR count). The number of hydrogen-bond acceptors (Lipinski definition) is 5. The fraction of sp³-hybridized carbons (Fsp3) is 0.167. The molecule has 1 aromatic carbocycles. The van der Waals surface area contributed by atoms with Gasteiger partial charge in [0, 0.05) is 4.47 Å². The Bertz CT molecular complexity index is 685. The van der Waals surface area contributed by atoms with E-state index in [1.165, 1.54) is 23.0 Å². The number of rotatable bonds is 6. The zero-order valence-corrected chi connectivity index (χ0v) is 12.1. The van der Waals surface area contributed by atoms with Gasteiger partial charge in [-0.05, 0) is 18.2 Å². The second-order valence-electron chi connectivity index (χ2n) is 4.04. The molecule has 0 aliphatic carbocycles. The highest BCUT2D eigenvalue weighted by Crippen LogP contribution is 2.18. The average Bonchev–Trinajstić information content (AvgIpc) is 2.86. The number of aliphatic carboxylic acids is 1. The standard InChI is InChI=1S/C12H10BrN3O5/c13-8-1-7(12(19)20)2-10(3-8)16-4-9(14-15-16)5-21-6-11(17)18/h1-4H,5-6H2,(H,17,18)(H,19,20). The molecule has 0 atom stereocenters. The minimum absolute atomic E-state index is 0.00604. The molecular weight excluding hydrogens is 346 g/mol. The number of carboxylic acids is 2. The Morgan fingerprint density at radius 1 is 1.29 bits per heavy atom. The SMILES string of the molecule is O=C(O)COCc1cn(-c2cc(Br)cc(C(=O)O)c2)nn1. The maximum absolute atomic E-state index is 11.0. The second kappa shape index (κ2) is 6.46. The van der Waals surface area contributed by atoms with E-state index in [-0.39, 0.29) is 12.2 Å². The van der Waals surface area contributed by atoms with Gasteiger partial charge in [0.25, 0.3) is 0 Å². The molecule has 0 saturated carbocycles. The second-order valence-corrected chi connectivity index (χ2v) is 4.96. The van der Waals surface area contributed by atoms with Crippen molar-refractivity contribution in [3.63, 3.8) is 0 Å². The van der Waals surface area contributed by atoms with Gasteiger partial charge in [-0.1, -0.05) is 21.1 Å². The van der Waals surface area contributed by atoms with E-state index in [1.54, 1.807) is 6.07 Å². The van der Waals surface area contributed by atoms with Crippen LogP contribution >= 0.6 is 15.9 Å². The zero-order valence-electron chi connectivity index (χ0n) is 10.6. The van der Waals surface area contributed by atoms with Crippen LogP contribution in [0.3, 0.4) is 0 Å². The molecule has 1 aromatic heterocycles. The molecule has 0 amide bonds. The Morgan fingerprint density at radius 2 is 2.05 bits per heavy atom. The van der Waals surface area contributed by atoms with Gasteiger partial charge in [-0.2, -0.15) is 0 Å². The molecule has 0 saturated heterocycles. The quantitative estimate of drug-likeness (QED) is 0.802. The Morgan fingerprint density at radius 3 is 2.71 bits per heavy atom. The number of carboxylic acid groups (broad SMARTS) is 2. The monoisotopic (exact) mass is 355 g/mol. The van der Waals surface area contributed by atoms with E-state index in [0.29, 0.717) is 15.9 Å². The first-order chi connectivity index (χ1) is 9.95. The molecular formula is C12H10BrN3O5. The minimum Gasteiger partial charge on any atom is -0.480 e. The number of nitrogens with zero attached hydrogens (tertiary/aromatic N) is 3. The third-order valence-corrected chi connectivity index (χ3v) is 2.87. The van der Waals surface area contributed by atoms with Crippen molar-refractivity contribution in [2.45, 2.75) is 6.61 Å². The molecule has 0 fully saturated rings. The maximum atomic E-state index is 11.0. The average molecular weight is 356 g/mol. The predicted molar refractivity (Wildman–Crippen MR) is 73.3 cm³/mol. The molecule has 0 aliphatic heterocycles. The molecule has 0 radical (unpaired) electrons. The van der Waals surface area contributed by atoms with E-state index in [1.807, 2.05) is 0 Å². The molecule has 1 heterocycles. The van der Waals surface area contributed by atoms with Crippen molar-refractivity contribution in [1.29, 1.82) is 0 Å². The lowest BCUT2D eigenvalue weighted by Gasteiger charge is -2.03. The fourth-order valence-corrected chi connectivity index (χ4v) is 2.04. The van der Waals surface area contributed by atoms with Gasteiger partial charge in [-0.25, -0.2) is 14.3 Å². The van der Waals surface area contributed by atoms with Crippen LogP contribution in [0.2, 0.25) is 0 Å². The lowest BCUT2D eigenvalue weighted by molar-refractivity contribution is -0.142. The van der Waals surface area contributed by atoms with Crippen LogP contribution in [0.25, 0.3) is 5.69 Å². The topological polar surface area (TPSA) is 115 Å². The molecule has 21 heavy (non-hydrogen) atoms. The molecule has 9 heteroatoms. The molecule has 2 aromatic rings. The van der Waals surface area contributed by atoms with Crippen molar-refractivity contribution in [1.82, 2.24) is 15.0 Å². The van der Waals surface area contributed by atoms with Gasteiger partial charge < -0.3 is 14.9 Å². The Balaban J connectivity index is 2.17. The molecule has 110 valence electrons. The van der Waals surface area contributed by atoms with Crippen molar-refractivity contribution in [2.75, 3.05) is 6.61 Å². The van der Waals surface area contributed by atoms with Crippen molar-refractivity contribution < 1.29 is 24.5 Å². The van der Waals surface area contributed by atoms with Gasteiger partial charge in [-0.3, -0.25) is 0 Å². The van der Waals surface area contributed by atoms with Gasteiger partial charge >= 0.3 is 11.9 Å². The molecule has 0 bridgehead atoms. The largest absolute Gasteiger partial charge is 0.480 e. The summed E-state index contributed by atoms with van der Waals surface area (Å²) in [4.78, 5) is 21.3. The van der Waals surface area contributed by atoms with Gasteiger partial charge in [0.15, 0.2) is 0 Å². The Labute approximate surface area is 127 Å². The van der Waals surface area contributed by atoms with Gasteiger partial charge in [0.1, 0.15) is 12.3 Å². The number of aromatic nitrogens is 3. The number of hydrogen-bond donors (Lipinski definition) is 2. The van der Waals surface area contributed by atoms with Crippen LogP contribution in [0.15, 0.2) is 28.9 Å². The minimum atomic E-state index is -1.07. The summed E-state index contributed by atoms with van der Waals surface area (Å²) in [7, 11) is 0. The first-order valence-corrected chi connectivity index (χ1v) is 6.50. The Hall–Kier alpha value is -2.26. The van der Waals surface area contributed by atoms with Gasteiger partial charge in [0.05, 0.1) is 24.1 Å². The van der Waals surface area contributed by atoms with E-state index >= 15 is 0 Å². The van der Waals surface area contributed by atoms with Crippen molar-refractivity contribution in [3.8, 4) is 5.69 Å². The summed E-state index contributed by atoms with van der Waals surface area (Å²) in [6.07, 6.45) is 1.54. The maximum Gasteiger partial charge on any atom is 0.335 e. The third kappa shape index (κ3) is 4.10. The normalized spacial score (nSPS) is 10.5. The highest BCUT2D eigenvalue weighted by Gasteiger charge is 2.09. The molecule has 0 unspecified atom stereocenters. The van der Waals surface area contributed by atoms with Crippen LogP contribution in [0.1, 0.15) is 16.1 Å². The third-order valence-electron chi connectivity index (χ3n) is 2.41. The fourth-order valence-electron chi connectivity index (χ4n) is 1.56. The molecule has 0 spiro atoms. The molecule has 0 aliphatic rings. The van der Waals surface area contributed by atoms with Crippen molar-refractivity contribution in [2.24, 2.45) is 0 Å². The highest BCUT2D eigenvalue weighted by atomic mass is 79.9. The van der Waals surface area contributed by atoms with E-state index in [9.17, 15) is 9.59 Å². The molecule has 8 nitrogen and oxygen atoms in total. The van der Waals surface area contributed by atoms with Crippen molar-refractivity contribution >= 4 is 27.9 Å². The number of halogens is 1.